The molecular formula is C29H30N4O3S. The summed E-state index contributed by atoms with van der Waals surface area (Å²) in [5.74, 6) is 0.204. The van der Waals surface area contributed by atoms with Crippen LogP contribution in [-0.4, -0.2) is 24.6 Å². The zero-order valence-electron chi connectivity index (χ0n) is 20.6. The molecule has 0 saturated heterocycles. The number of hydrogen-bond acceptors (Lipinski definition) is 6. The van der Waals surface area contributed by atoms with Crippen LogP contribution < -0.4 is 16.4 Å². The molecule has 37 heavy (non-hydrogen) atoms. The lowest BCUT2D eigenvalue weighted by Crippen LogP contribution is -2.33. The lowest BCUT2D eigenvalue weighted by molar-refractivity contribution is -0.122. The Morgan fingerprint density at radius 2 is 1.86 bits per heavy atom. The van der Waals surface area contributed by atoms with E-state index in [9.17, 15) is 13.2 Å². The largest absolute Gasteiger partial charge is 0.383 e. The van der Waals surface area contributed by atoms with E-state index in [1.165, 1.54) is 0 Å². The maximum Gasteiger partial charge on any atom is 0.247 e. The van der Waals surface area contributed by atoms with Gasteiger partial charge in [0.2, 0.25) is 5.91 Å². The number of nitrogens with two attached hydrogens (primary N) is 1. The molecular weight excluding hydrogens is 484 g/mol. The van der Waals surface area contributed by atoms with Crippen molar-refractivity contribution in [3.05, 3.63) is 95.7 Å². The Morgan fingerprint density at radius 1 is 1.05 bits per heavy atom. The molecule has 1 saturated carbocycles. The molecule has 1 fully saturated rings. The molecule has 7 nitrogen and oxygen atoms in total. The first-order valence-corrected chi connectivity index (χ1v) is 14.0. The zero-order valence-corrected chi connectivity index (χ0v) is 21.5. The van der Waals surface area contributed by atoms with Gasteiger partial charge in [-0.1, -0.05) is 49.4 Å². The fraction of sp³-hybridized carbons (Fsp3) is 0.241. The Morgan fingerprint density at radius 3 is 2.65 bits per heavy atom. The summed E-state index contributed by atoms with van der Waals surface area (Å²) in [5, 5.41) is 7.80. The second-order valence-electron chi connectivity index (χ2n) is 9.38. The van der Waals surface area contributed by atoms with Crippen molar-refractivity contribution in [2.75, 3.05) is 11.1 Å². The van der Waals surface area contributed by atoms with Crippen LogP contribution in [-0.2, 0) is 27.6 Å². The number of nitrogens with zero attached hydrogens (tertiary/aromatic N) is 1. The van der Waals surface area contributed by atoms with E-state index >= 15 is 0 Å². The zero-order chi connectivity index (χ0) is 26.0. The van der Waals surface area contributed by atoms with E-state index in [2.05, 4.69) is 22.5 Å². The van der Waals surface area contributed by atoms with Gasteiger partial charge in [-0.05, 0) is 71.7 Å². The topological polar surface area (TPSA) is 114 Å². The summed E-state index contributed by atoms with van der Waals surface area (Å²) in [6.45, 7) is 2.19. The summed E-state index contributed by atoms with van der Waals surface area (Å²) in [7, 11) is -3.38. The van der Waals surface area contributed by atoms with Crippen LogP contribution in [0.25, 0.3) is 10.8 Å². The first-order chi connectivity index (χ1) is 17.9. The molecule has 1 unspecified atom stereocenters. The number of sulfone groups is 1. The monoisotopic (exact) mass is 514 g/mol. The molecule has 5 rings (SSSR count). The highest BCUT2D eigenvalue weighted by molar-refractivity contribution is 7.92. The van der Waals surface area contributed by atoms with Gasteiger partial charge in [0.15, 0.2) is 9.84 Å². The van der Waals surface area contributed by atoms with Crippen molar-refractivity contribution in [1.29, 1.82) is 0 Å². The fourth-order valence-corrected chi connectivity index (χ4v) is 6.41. The van der Waals surface area contributed by atoms with Gasteiger partial charge in [0.05, 0.1) is 10.1 Å². The highest BCUT2D eigenvalue weighted by atomic mass is 32.2. The summed E-state index contributed by atoms with van der Waals surface area (Å²) in [4.78, 5) is 18.0. The SMILES string of the molecule is CCc1cccc(C(Nc2ccc3c(N)nccc3c2)C(=O)NCc2ccccc2S(=O)(=O)C2CC2)c1. The van der Waals surface area contributed by atoms with E-state index in [-0.39, 0.29) is 17.7 Å². The van der Waals surface area contributed by atoms with Gasteiger partial charge in [-0.15, -0.1) is 0 Å². The molecule has 0 aliphatic heterocycles. The molecule has 0 spiro atoms. The average molecular weight is 515 g/mol. The number of fused-ring (bicyclic) bond motifs is 1. The molecule has 3 aromatic carbocycles. The number of anilines is 2. The van der Waals surface area contributed by atoms with Crippen LogP contribution in [0.5, 0.6) is 0 Å². The van der Waals surface area contributed by atoms with Crippen LogP contribution in [0.3, 0.4) is 0 Å². The number of benzene rings is 3. The number of nitrogens with one attached hydrogen (secondary N) is 2. The Balaban J connectivity index is 1.43. The van der Waals surface area contributed by atoms with Gasteiger partial charge in [-0.3, -0.25) is 4.79 Å². The molecule has 1 aliphatic rings. The maximum atomic E-state index is 13.6. The van der Waals surface area contributed by atoms with Gasteiger partial charge in [0.25, 0.3) is 0 Å². The Hall–Kier alpha value is -3.91. The fourth-order valence-electron chi connectivity index (χ4n) is 4.52. The molecule has 1 aliphatic carbocycles. The van der Waals surface area contributed by atoms with Crippen LogP contribution in [0.15, 0.2) is 83.9 Å². The van der Waals surface area contributed by atoms with Crippen molar-refractivity contribution >= 4 is 38.0 Å². The molecule has 0 radical (unpaired) electrons. The van der Waals surface area contributed by atoms with Crippen molar-refractivity contribution < 1.29 is 13.2 Å². The summed E-state index contributed by atoms with van der Waals surface area (Å²) >= 11 is 0. The number of amides is 1. The van der Waals surface area contributed by atoms with E-state index in [0.29, 0.717) is 29.1 Å². The number of rotatable bonds is 9. The first-order valence-electron chi connectivity index (χ1n) is 12.5. The third-order valence-corrected chi connectivity index (χ3v) is 9.12. The molecule has 8 heteroatoms. The third-order valence-electron chi connectivity index (χ3n) is 6.76. The number of aryl methyl sites for hydroxylation is 1. The summed E-state index contributed by atoms with van der Waals surface area (Å²) in [6, 6.07) is 21.7. The second-order valence-corrected chi connectivity index (χ2v) is 11.6. The number of aromatic nitrogens is 1. The first kappa shape index (κ1) is 24.8. The lowest BCUT2D eigenvalue weighted by atomic mass is 10.0. The number of carbonyl (C=O) groups is 1. The minimum absolute atomic E-state index is 0.118. The molecule has 1 aromatic heterocycles. The Bertz CT molecular complexity index is 1560. The van der Waals surface area contributed by atoms with E-state index in [1.807, 2.05) is 48.5 Å². The smallest absolute Gasteiger partial charge is 0.247 e. The Labute approximate surface area is 217 Å². The normalized spacial score (nSPS) is 14.3. The van der Waals surface area contributed by atoms with Gasteiger partial charge >= 0.3 is 0 Å². The molecule has 1 amide bonds. The Kier molecular flexibility index (Phi) is 6.84. The predicted molar refractivity (Wildman–Crippen MR) is 147 cm³/mol. The summed E-state index contributed by atoms with van der Waals surface area (Å²) < 4.78 is 25.8. The van der Waals surface area contributed by atoms with Crippen LogP contribution >= 0.6 is 0 Å². The van der Waals surface area contributed by atoms with Crippen LogP contribution in [0.2, 0.25) is 0 Å². The molecule has 4 N–H and O–H groups in total. The molecule has 1 atom stereocenters. The van der Waals surface area contributed by atoms with E-state index in [1.54, 1.807) is 30.5 Å². The van der Waals surface area contributed by atoms with Crippen molar-refractivity contribution in [3.8, 4) is 0 Å². The second kappa shape index (κ2) is 10.2. The van der Waals surface area contributed by atoms with Gasteiger partial charge in [-0.2, -0.15) is 0 Å². The minimum atomic E-state index is -3.38. The predicted octanol–water partition coefficient (Wildman–Crippen LogP) is 4.79. The molecule has 0 bridgehead atoms. The van der Waals surface area contributed by atoms with Gasteiger partial charge in [0.1, 0.15) is 11.9 Å². The van der Waals surface area contributed by atoms with Gasteiger partial charge < -0.3 is 16.4 Å². The van der Waals surface area contributed by atoms with Gasteiger partial charge in [0, 0.05) is 23.8 Å². The van der Waals surface area contributed by atoms with Crippen LogP contribution in [0.1, 0.15) is 42.5 Å². The number of pyridine rings is 1. The van der Waals surface area contributed by atoms with Crippen molar-refractivity contribution in [1.82, 2.24) is 10.3 Å². The maximum absolute atomic E-state index is 13.6. The van der Waals surface area contributed by atoms with Crippen LogP contribution in [0, 0.1) is 0 Å². The number of nitrogen functional groups attached to an aromatic ring is 1. The quantitative estimate of drug-likeness (QED) is 0.296. The summed E-state index contributed by atoms with van der Waals surface area (Å²) in [5.41, 5.74) is 9.30. The van der Waals surface area contributed by atoms with Crippen molar-refractivity contribution in [2.24, 2.45) is 0 Å². The van der Waals surface area contributed by atoms with Crippen molar-refractivity contribution in [2.45, 2.75) is 48.9 Å². The number of hydrogen-bond donors (Lipinski definition) is 3. The lowest BCUT2D eigenvalue weighted by Gasteiger charge is -2.21. The molecule has 1 heterocycles. The average Bonchev–Trinajstić information content (AvgIpc) is 3.77. The minimum Gasteiger partial charge on any atom is -0.383 e. The number of carbonyl (C=O) groups excluding carboxylic acids is 1. The van der Waals surface area contributed by atoms with E-state index in [4.69, 9.17) is 5.73 Å². The standard InChI is InChI=1S/C29H30N4O3S/c1-2-19-6-5-8-21(16-19)27(33-23-10-13-25-20(17-23)14-15-31-28(25)30)29(34)32-18-22-7-3-4-9-26(22)37(35,36)24-11-12-24/h3-10,13-17,24,27,33H,2,11-12,18H2,1H3,(H2,30,31)(H,32,34). The van der Waals surface area contributed by atoms with E-state index < -0.39 is 15.9 Å². The van der Waals surface area contributed by atoms with Crippen LogP contribution in [0.4, 0.5) is 11.5 Å². The van der Waals surface area contributed by atoms with Gasteiger partial charge in [-0.25, -0.2) is 13.4 Å². The van der Waals surface area contributed by atoms with Crippen molar-refractivity contribution in [3.63, 3.8) is 0 Å². The van der Waals surface area contributed by atoms with E-state index in [0.717, 1.165) is 34.0 Å². The molecule has 190 valence electrons. The summed E-state index contributed by atoms with van der Waals surface area (Å²) in [6.07, 6.45) is 3.88. The third kappa shape index (κ3) is 5.29. The highest BCUT2D eigenvalue weighted by Crippen LogP contribution is 2.35. The highest BCUT2D eigenvalue weighted by Gasteiger charge is 2.38. The molecule has 4 aromatic rings.